The van der Waals surface area contributed by atoms with Crippen molar-refractivity contribution in [2.45, 2.75) is 33.1 Å². The summed E-state index contributed by atoms with van der Waals surface area (Å²) in [7, 11) is 1.88. The van der Waals surface area contributed by atoms with Crippen LogP contribution >= 0.6 is 0 Å². The van der Waals surface area contributed by atoms with E-state index in [0.717, 1.165) is 44.7 Å². The SMILES string of the molecule is CN=C(NCCC(C)C)N1CCC2(CCOC2)C1. The van der Waals surface area contributed by atoms with Gasteiger partial charge in [-0.2, -0.15) is 0 Å². The highest BCUT2D eigenvalue weighted by Crippen LogP contribution is 2.38. The predicted octanol–water partition coefficient (Wildman–Crippen LogP) is 1.72. The Balaban J connectivity index is 1.82. The number of guanidine groups is 1. The largest absolute Gasteiger partial charge is 0.381 e. The molecule has 0 amide bonds. The Morgan fingerprint density at radius 1 is 1.44 bits per heavy atom. The van der Waals surface area contributed by atoms with Crippen molar-refractivity contribution in [3.05, 3.63) is 0 Å². The van der Waals surface area contributed by atoms with Crippen molar-refractivity contribution >= 4 is 5.96 Å². The second-order valence-electron chi connectivity index (χ2n) is 6.13. The van der Waals surface area contributed by atoms with Crippen LogP contribution in [0.1, 0.15) is 33.1 Å². The molecule has 0 radical (unpaired) electrons. The van der Waals surface area contributed by atoms with Crippen LogP contribution in [0.4, 0.5) is 0 Å². The summed E-state index contributed by atoms with van der Waals surface area (Å²) in [6.45, 7) is 9.62. The summed E-state index contributed by atoms with van der Waals surface area (Å²) < 4.78 is 5.57. The van der Waals surface area contributed by atoms with Crippen molar-refractivity contribution in [3.63, 3.8) is 0 Å². The van der Waals surface area contributed by atoms with Crippen molar-refractivity contribution in [2.75, 3.05) is 39.9 Å². The van der Waals surface area contributed by atoms with Gasteiger partial charge in [0.25, 0.3) is 0 Å². The van der Waals surface area contributed by atoms with Gasteiger partial charge in [0.1, 0.15) is 0 Å². The van der Waals surface area contributed by atoms with Crippen LogP contribution in [0.2, 0.25) is 0 Å². The zero-order chi connectivity index (χ0) is 13.0. The van der Waals surface area contributed by atoms with Gasteiger partial charge in [0.05, 0.1) is 6.61 Å². The summed E-state index contributed by atoms with van der Waals surface area (Å²) in [5.41, 5.74) is 0.412. The molecule has 4 nitrogen and oxygen atoms in total. The standard InChI is InChI=1S/C14H27N3O/c1-12(2)4-7-16-13(15-3)17-8-5-14(10-17)6-9-18-11-14/h12H,4-11H2,1-3H3,(H,15,16). The van der Waals surface area contributed by atoms with Gasteiger partial charge in [-0.3, -0.25) is 4.99 Å². The topological polar surface area (TPSA) is 36.9 Å². The molecule has 0 aliphatic carbocycles. The normalized spacial score (nSPS) is 28.7. The zero-order valence-electron chi connectivity index (χ0n) is 12.0. The number of nitrogens with zero attached hydrogens (tertiary/aromatic N) is 2. The number of ether oxygens (including phenoxy) is 1. The summed E-state index contributed by atoms with van der Waals surface area (Å²) in [4.78, 5) is 6.81. The molecule has 1 unspecified atom stereocenters. The molecule has 2 aliphatic rings. The van der Waals surface area contributed by atoms with Crippen LogP contribution in [-0.2, 0) is 4.74 Å². The first-order valence-electron chi connectivity index (χ1n) is 7.18. The Morgan fingerprint density at radius 3 is 2.89 bits per heavy atom. The molecule has 4 heteroatoms. The molecule has 1 spiro atoms. The molecule has 0 aromatic rings. The number of hydrogen-bond donors (Lipinski definition) is 1. The smallest absolute Gasteiger partial charge is 0.193 e. The number of hydrogen-bond acceptors (Lipinski definition) is 2. The fraction of sp³-hybridized carbons (Fsp3) is 0.929. The molecule has 2 saturated heterocycles. The van der Waals surface area contributed by atoms with Gasteiger partial charge in [0, 0.05) is 38.7 Å². The maximum Gasteiger partial charge on any atom is 0.193 e. The van der Waals surface area contributed by atoms with Gasteiger partial charge in [-0.25, -0.2) is 0 Å². The van der Waals surface area contributed by atoms with Gasteiger partial charge < -0.3 is 15.0 Å². The quantitative estimate of drug-likeness (QED) is 0.614. The van der Waals surface area contributed by atoms with Crippen molar-refractivity contribution < 1.29 is 4.74 Å². The third-order valence-corrected chi connectivity index (χ3v) is 4.14. The fourth-order valence-electron chi connectivity index (χ4n) is 2.89. The van der Waals surface area contributed by atoms with Crippen LogP contribution in [0, 0.1) is 11.3 Å². The van der Waals surface area contributed by atoms with Crippen molar-refractivity contribution in [3.8, 4) is 0 Å². The van der Waals surface area contributed by atoms with Gasteiger partial charge in [0.2, 0.25) is 0 Å². The minimum Gasteiger partial charge on any atom is -0.381 e. The van der Waals surface area contributed by atoms with Gasteiger partial charge in [-0.05, 0) is 25.2 Å². The lowest BCUT2D eigenvalue weighted by Gasteiger charge is -2.25. The van der Waals surface area contributed by atoms with Gasteiger partial charge >= 0.3 is 0 Å². The van der Waals surface area contributed by atoms with E-state index in [1.807, 2.05) is 7.05 Å². The molecule has 2 fully saturated rings. The molecule has 2 rings (SSSR count). The first-order chi connectivity index (χ1) is 8.65. The molecule has 104 valence electrons. The molecule has 0 saturated carbocycles. The average Bonchev–Trinajstić information content (AvgIpc) is 2.96. The highest BCUT2D eigenvalue weighted by atomic mass is 16.5. The molecule has 2 heterocycles. The third-order valence-electron chi connectivity index (χ3n) is 4.14. The Bertz CT molecular complexity index is 295. The van der Waals surface area contributed by atoms with Crippen LogP contribution in [0.25, 0.3) is 0 Å². The first kappa shape index (κ1) is 13.7. The minimum absolute atomic E-state index is 0.412. The monoisotopic (exact) mass is 253 g/mol. The van der Waals surface area contributed by atoms with Crippen molar-refractivity contribution in [1.29, 1.82) is 0 Å². The summed E-state index contributed by atoms with van der Waals surface area (Å²) in [6, 6.07) is 0. The van der Waals surface area contributed by atoms with Gasteiger partial charge in [0.15, 0.2) is 5.96 Å². The molecule has 0 bridgehead atoms. The molecule has 1 N–H and O–H groups in total. The lowest BCUT2D eigenvalue weighted by Crippen LogP contribution is -2.42. The first-order valence-corrected chi connectivity index (χ1v) is 7.18. The Labute approximate surface area is 111 Å². The lowest BCUT2D eigenvalue weighted by atomic mass is 9.87. The summed E-state index contributed by atoms with van der Waals surface area (Å²) in [6.07, 6.45) is 3.66. The van der Waals surface area contributed by atoms with Gasteiger partial charge in [-0.1, -0.05) is 13.8 Å². The van der Waals surface area contributed by atoms with Crippen LogP contribution in [0.5, 0.6) is 0 Å². The lowest BCUT2D eigenvalue weighted by molar-refractivity contribution is 0.156. The summed E-state index contributed by atoms with van der Waals surface area (Å²) >= 11 is 0. The van der Waals surface area contributed by atoms with E-state index in [1.54, 1.807) is 0 Å². The predicted molar refractivity (Wildman–Crippen MR) is 74.9 cm³/mol. The van der Waals surface area contributed by atoms with Crippen LogP contribution in [0.15, 0.2) is 4.99 Å². The summed E-state index contributed by atoms with van der Waals surface area (Å²) in [5.74, 6) is 1.81. The minimum atomic E-state index is 0.412. The van der Waals surface area contributed by atoms with Crippen LogP contribution in [-0.4, -0.2) is 50.8 Å². The maximum absolute atomic E-state index is 5.57. The van der Waals surface area contributed by atoms with Gasteiger partial charge in [-0.15, -0.1) is 0 Å². The Hall–Kier alpha value is -0.770. The number of nitrogens with one attached hydrogen (secondary N) is 1. The van der Waals surface area contributed by atoms with E-state index < -0.39 is 0 Å². The van der Waals surface area contributed by atoms with E-state index in [4.69, 9.17) is 4.74 Å². The maximum atomic E-state index is 5.57. The zero-order valence-corrected chi connectivity index (χ0v) is 12.0. The third kappa shape index (κ3) is 3.16. The molecule has 2 aliphatic heterocycles. The molecule has 0 aromatic carbocycles. The van der Waals surface area contributed by atoms with Crippen LogP contribution in [0.3, 0.4) is 0 Å². The number of rotatable bonds is 3. The highest BCUT2D eigenvalue weighted by molar-refractivity contribution is 5.80. The summed E-state index contributed by atoms with van der Waals surface area (Å²) in [5, 5.41) is 3.48. The second kappa shape index (κ2) is 5.91. The second-order valence-corrected chi connectivity index (χ2v) is 6.13. The Morgan fingerprint density at radius 2 is 2.28 bits per heavy atom. The van der Waals surface area contributed by atoms with E-state index >= 15 is 0 Å². The molecular formula is C14H27N3O. The van der Waals surface area contributed by atoms with E-state index in [9.17, 15) is 0 Å². The number of likely N-dealkylation sites (tertiary alicyclic amines) is 1. The average molecular weight is 253 g/mol. The van der Waals surface area contributed by atoms with Crippen molar-refractivity contribution in [2.24, 2.45) is 16.3 Å². The van der Waals surface area contributed by atoms with E-state index in [1.165, 1.54) is 19.3 Å². The molecule has 1 atom stereocenters. The number of aliphatic imine (C=N–C) groups is 1. The molecular weight excluding hydrogens is 226 g/mol. The molecule has 0 aromatic heterocycles. The van der Waals surface area contributed by atoms with E-state index in [-0.39, 0.29) is 0 Å². The van der Waals surface area contributed by atoms with Crippen molar-refractivity contribution in [1.82, 2.24) is 10.2 Å². The molecule has 18 heavy (non-hydrogen) atoms. The van der Waals surface area contributed by atoms with Crippen LogP contribution < -0.4 is 5.32 Å². The van der Waals surface area contributed by atoms with E-state index in [2.05, 4.69) is 29.1 Å². The fourth-order valence-corrected chi connectivity index (χ4v) is 2.89. The Kier molecular flexibility index (Phi) is 4.49. The highest BCUT2D eigenvalue weighted by Gasteiger charge is 2.42. The van der Waals surface area contributed by atoms with E-state index in [0.29, 0.717) is 5.41 Å².